The first kappa shape index (κ1) is 65.4. The van der Waals surface area contributed by atoms with Crippen LogP contribution in [-0.4, -0.2) is 44.3 Å². The first-order valence-electron chi connectivity index (χ1n) is 0.236. The van der Waals surface area contributed by atoms with Gasteiger partial charge < -0.3 is 21.9 Å². The maximum absolute atomic E-state index is 4.21. The Morgan fingerprint density at radius 2 is 0.667 bits per heavy atom. The fraction of sp³-hybridized carbons (Fsp3) is 0. The van der Waals surface area contributed by atoms with E-state index >= 15 is 0 Å². The Morgan fingerprint density at radius 3 is 0.667 bits per heavy atom. The van der Waals surface area contributed by atoms with Gasteiger partial charge in [0.15, 0.2) is 0 Å². The predicted octanol–water partition coefficient (Wildman–Crippen LogP) is -3.03. The van der Waals surface area contributed by atoms with E-state index in [9.17, 15) is 0 Å². The quantitative estimate of drug-likeness (QED) is 0.422. The minimum absolute atomic E-state index is 0. The van der Waals surface area contributed by atoms with Crippen molar-refractivity contribution in [3.63, 3.8) is 0 Å². The van der Waals surface area contributed by atoms with Gasteiger partial charge in [-0.3, -0.25) is 0 Å². The van der Waals surface area contributed by atoms with Gasteiger partial charge in [-0.1, -0.05) is 0 Å². The van der Waals surface area contributed by atoms with Crippen molar-refractivity contribution in [1.29, 1.82) is 0 Å². The van der Waals surface area contributed by atoms with E-state index in [0.717, 1.165) is 22.4 Å². The van der Waals surface area contributed by atoms with Gasteiger partial charge in [-0.25, -0.2) is 0 Å². The molecule has 0 heterocycles. The van der Waals surface area contributed by atoms with Gasteiger partial charge in [-0.05, 0) is 0 Å². The van der Waals surface area contributed by atoms with Crippen molar-refractivity contribution < 1.29 is 21.9 Å². The van der Waals surface area contributed by atoms with E-state index in [0.29, 0.717) is 0 Å². The monoisotopic (exact) mass is 219 g/mol. The van der Waals surface area contributed by atoms with Gasteiger partial charge in [-0.2, -0.15) is 0 Å². The standard InChI is InChI=1S/In.4H2O.S/h;4*1H2;. The third-order valence-electron chi connectivity index (χ3n) is 0. The molecular weight excluding hydrogens is 211 g/mol. The molecule has 0 aliphatic rings. The fourth-order valence-electron chi connectivity index (χ4n) is 0. The number of rotatable bonds is 0. The summed E-state index contributed by atoms with van der Waals surface area (Å²) in [5.74, 6) is 0. The van der Waals surface area contributed by atoms with E-state index in [1.165, 1.54) is 0 Å². The topological polar surface area (TPSA) is 126 Å². The Morgan fingerprint density at radius 1 is 0.667 bits per heavy atom. The third-order valence-corrected chi connectivity index (χ3v) is 0. The Kier molecular flexibility index (Phi) is 1820. The van der Waals surface area contributed by atoms with Crippen molar-refractivity contribution in [1.82, 2.24) is 0 Å². The van der Waals surface area contributed by atoms with Gasteiger partial charge >= 0.3 is 31.3 Å². The molecule has 0 aromatic rings. The number of hydrogen-bond acceptors (Lipinski definition) is 1. The van der Waals surface area contributed by atoms with Crippen molar-refractivity contribution in [2.75, 3.05) is 0 Å². The zero-order valence-corrected chi connectivity index (χ0v) is 7.10. The SMILES string of the molecule is O.O.O.O.[S]=[In]. The molecule has 41 valence electrons. The van der Waals surface area contributed by atoms with E-state index in [4.69, 9.17) is 0 Å². The average molecular weight is 219 g/mol. The van der Waals surface area contributed by atoms with E-state index in [1.54, 1.807) is 0 Å². The van der Waals surface area contributed by atoms with Gasteiger partial charge in [0.1, 0.15) is 0 Å². The van der Waals surface area contributed by atoms with E-state index in [1.807, 2.05) is 0 Å². The normalized spacial score (nSPS) is 0.500. The fourth-order valence-corrected chi connectivity index (χ4v) is 0. The molecule has 1 radical (unpaired) electrons. The summed E-state index contributed by atoms with van der Waals surface area (Å²) in [7, 11) is 4.21. The Labute approximate surface area is 53.3 Å². The third kappa shape index (κ3) is 88.0. The Hall–Kier alpha value is 0.930. The molecule has 6 heteroatoms. The summed E-state index contributed by atoms with van der Waals surface area (Å²) in [6.07, 6.45) is 0. The van der Waals surface area contributed by atoms with Crippen LogP contribution in [0.1, 0.15) is 0 Å². The second-order valence-corrected chi connectivity index (χ2v) is 0. The van der Waals surface area contributed by atoms with Crippen LogP contribution in [0, 0.1) is 0 Å². The number of hydrogen-bond donors (Lipinski definition) is 0. The van der Waals surface area contributed by atoms with Crippen molar-refractivity contribution >= 4 is 31.3 Å². The summed E-state index contributed by atoms with van der Waals surface area (Å²) < 4.78 is 0. The van der Waals surface area contributed by atoms with Crippen LogP contribution in [-0.2, 0) is 0 Å². The molecule has 8 N–H and O–H groups in total. The van der Waals surface area contributed by atoms with Gasteiger partial charge in [0, 0.05) is 0 Å². The molecule has 4 nitrogen and oxygen atoms in total. The Bertz CT molecular complexity index is 7.51. The van der Waals surface area contributed by atoms with Crippen LogP contribution in [0.4, 0.5) is 0 Å². The molecular formula is H8InO4S. The zero-order valence-electron chi connectivity index (χ0n) is 2.99. The van der Waals surface area contributed by atoms with Crippen molar-refractivity contribution in [2.45, 2.75) is 0 Å². The van der Waals surface area contributed by atoms with Crippen LogP contribution in [0.5, 0.6) is 0 Å². The van der Waals surface area contributed by atoms with Crippen molar-refractivity contribution in [2.24, 2.45) is 0 Å². The molecule has 0 saturated carbocycles. The van der Waals surface area contributed by atoms with Crippen molar-refractivity contribution in [3.8, 4) is 0 Å². The van der Waals surface area contributed by atoms with Crippen LogP contribution in [0.3, 0.4) is 0 Å². The molecule has 0 bridgehead atoms. The average Bonchev–Trinajstić information content (AvgIpc) is 1.00. The molecule has 0 aromatic heterocycles. The molecule has 0 spiro atoms. The van der Waals surface area contributed by atoms with Crippen LogP contribution in [0.15, 0.2) is 0 Å². The molecule has 0 amide bonds. The van der Waals surface area contributed by atoms with Crippen molar-refractivity contribution in [3.05, 3.63) is 0 Å². The summed E-state index contributed by atoms with van der Waals surface area (Å²) in [5, 5.41) is 0. The molecule has 0 aliphatic carbocycles. The summed E-state index contributed by atoms with van der Waals surface area (Å²) in [6.45, 7) is 0. The van der Waals surface area contributed by atoms with Gasteiger partial charge in [0.25, 0.3) is 0 Å². The minimum atomic E-state index is 0. The zero-order chi connectivity index (χ0) is 2.00. The molecule has 0 rings (SSSR count). The van der Waals surface area contributed by atoms with Crippen LogP contribution >= 0.6 is 8.92 Å². The summed E-state index contributed by atoms with van der Waals surface area (Å²) in [4.78, 5) is 0. The van der Waals surface area contributed by atoms with Crippen LogP contribution in [0.25, 0.3) is 0 Å². The molecule has 6 heavy (non-hydrogen) atoms. The van der Waals surface area contributed by atoms with Crippen LogP contribution in [0.2, 0.25) is 0 Å². The van der Waals surface area contributed by atoms with Gasteiger partial charge in [0.05, 0.1) is 0 Å². The summed E-state index contributed by atoms with van der Waals surface area (Å²) >= 11 is 0.933. The first-order chi connectivity index (χ1) is 1.00. The van der Waals surface area contributed by atoms with Crippen LogP contribution < -0.4 is 0 Å². The molecule has 0 fully saturated rings. The molecule has 0 aliphatic heterocycles. The molecule has 0 atom stereocenters. The summed E-state index contributed by atoms with van der Waals surface area (Å²) in [5.41, 5.74) is 0. The Balaban J connectivity index is -0.000000000833. The molecule has 0 unspecified atom stereocenters. The summed E-state index contributed by atoms with van der Waals surface area (Å²) in [6, 6.07) is 0. The predicted molar refractivity (Wildman–Crippen MR) is 27.8 cm³/mol. The van der Waals surface area contributed by atoms with E-state index < -0.39 is 0 Å². The second-order valence-electron chi connectivity index (χ2n) is 0. The molecule has 0 saturated heterocycles. The maximum atomic E-state index is 4.21. The van der Waals surface area contributed by atoms with Gasteiger partial charge in [0.2, 0.25) is 0 Å². The molecule has 0 aromatic carbocycles. The van der Waals surface area contributed by atoms with E-state index in [-0.39, 0.29) is 21.9 Å². The van der Waals surface area contributed by atoms with Gasteiger partial charge in [-0.15, -0.1) is 0 Å². The van der Waals surface area contributed by atoms with E-state index in [2.05, 4.69) is 8.92 Å². The second kappa shape index (κ2) is 167. The first-order valence-corrected chi connectivity index (χ1v) is 4.74.